The molecule has 0 fully saturated rings. The highest BCUT2D eigenvalue weighted by Gasteiger charge is 1.97. The van der Waals surface area contributed by atoms with Crippen molar-refractivity contribution in [1.82, 2.24) is 0 Å². The Morgan fingerprint density at radius 3 is 1.62 bits per heavy atom. The van der Waals surface area contributed by atoms with Gasteiger partial charge in [0.25, 0.3) is 0 Å². The van der Waals surface area contributed by atoms with Crippen molar-refractivity contribution >= 4 is 26.0 Å². The van der Waals surface area contributed by atoms with Crippen molar-refractivity contribution in [2.75, 3.05) is 0 Å². The summed E-state index contributed by atoms with van der Waals surface area (Å²) in [7, 11) is 5.62. The molecule has 0 aliphatic heterocycles. The van der Waals surface area contributed by atoms with Gasteiger partial charge in [0, 0.05) is 0 Å². The van der Waals surface area contributed by atoms with E-state index in [4.69, 9.17) is 7.57 Å². The van der Waals surface area contributed by atoms with Gasteiger partial charge in [-0.2, -0.15) is 0 Å². The molecule has 0 amide bonds. The SMILES string of the molecule is [B-]P(c1cccc(C)c1)c1cccc(C)c1. The molecule has 0 aliphatic rings. The molecule has 0 unspecified atom stereocenters. The molecule has 2 aromatic carbocycles. The van der Waals surface area contributed by atoms with Crippen LogP contribution in [0.4, 0.5) is 0 Å². The van der Waals surface area contributed by atoms with Gasteiger partial charge in [0.2, 0.25) is 0 Å². The lowest BCUT2D eigenvalue weighted by Crippen LogP contribution is -2.12. The molecule has 0 spiro atoms. The smallest absolute Gasteiger partial charge is 0.0398 e. The molecule has 2 aromatic rings. The molecule has 0 bridgehead atoms. The zero-order valence-electron chi connectivity index (χ0n) is 9.64. The second kappa shape index (κ2) is 4.85. The van der Waals surface area contributed by atoms with Gasteiger partial charge in [-0.15, -0.1) is 0 Å². The Balaban J connectivity index is 2.35. The first kappa shape index (κ1) is 11.4. The molecule has 0 nitrogen and oxygen atoms in total. The van der Waals surface area contributed by atoms with E-state index in [0.29, 0.717) is 0 Å². The maximum absolute atomic E-state index is 6.32. The van der Waals surface area contributed by atoms with E-state index in [0.717, 1.165) is 0 Å². The zero-order valence-corrected chi connectivity index (χ0v) is 10.5. The second-order valence-corrected chi connectivity index (χ2v) is 5.82. The number of rotatable bonds is 2. The molecular formula is C14H14BP-. The third kappa shape index (κ3) is 2.54. The van der Waals surface area contributed by atoms with E-state index >= 15 is 0 Å². The van der Waals surface area contributed by atoms with Crippen LogP contribution in [-0.4, -0.2) is 7.57 Å². The Labute approximate surface area is 99.8 Å². The topological polar surface area (TPSA) is 0 Å². The fourth-order valence-corrected chi connectivity index (χ4v) is 3.18. The highest BCUT2D eigenvalue weighted by atomic mass is 31.1. The molecule has 2 heteroatoms. The third-order valence-corrected chi connectivity index (χ3v) is 4.23. The lowest BCUT2D eigenvalue weighted by atomic mass is 10.2. The quantitative estimate of drug-likeness (QED) is 0.543. The van der Waals surface area contributed by atoms with E-state index in [1.165, 1.54) is 21.7 Å². The van der Waals surface area contributed by atoms with E-state index in [2.05, 4.69) is 62.4 Å². The van der Waals surface area contributed by atoms with E-state index in [-0.39, 0.29) is 0 Å². The summed E-state index contributed by atoms with van der Waals surface area (Å²) in [6, 6.07) is 16.9. The first-order chi connectivity index (χ1) is 7.66. The van der Waals surface area contributed by atoms with Crippen molar-refractivity contribution < 1.29 is 0 Å². The largest absolute Gasteiger partial charge is 0.567 e. The average molecular weight is 224 g/mol. The highest BCUT2D eigenvalue weighted by molar-refractivity contribution is 7.94. The Bertz CT molecular complexity index is 448. The summed E-state index contributed by atoms with van der Waals surface area (Å²) >= 11 is 0. The van der Waals surface area contributed by atoms with Gasteiger partial charge in [0.05, 0.1) is 0 Å². The highest BCUT2D eigenvalue weighted by Crippen LogP contribution is 2.27. The van der Waals surface area contributed by atoms with Gasteiger partial charge in [-0.1, -0.05) is 70.3 Å². The standard InChI is InChI=1S/C14H14BP/c1-11-5-3-7-13(9-11)16(15)14-8-4-6-12(2)10-14/h3-10H,1-2H3/q-1. The lowest BCUT2D eigenvalue weighted by Gasteiger charge is -2.28. The summed E-state index contributed by atoms with van der Waals surface area (Å²) in [6.07, 6.45) is 0. The average Bonchev–Trinajstić information content (AvgIpc) is 2.28. The van der Waals surface area contributed by atoms with Crippen LogP contribution in [0.25, 0.3) is 0 Å². The van der Waals surface area contributed by atoms with Gasteiger partial charge in [0.15, 0.2) is 0 Å². The van der Waals surface area contributed by atoms with Crippen molar-refractivity contribution in [3.05, 3.63) is 59.7 Å². The number of benzene rings is 2. The van der Waals surface area contributed by atoms with Crippen LogP contribution in [0, 0.1) is 13.8 Å². The molecule has 0 saturated heterocycles. The number of aryl methyl sites for hydroxylation is 2. The summed E-state index contributed by atoms with van der Waals surface area (Å²) < 4.78 is 0. The maximum atomic E-state index is 6.32. The van der Waals surface area contributed by atoms with Crippen LogP contribution in [0.1, 0.15) is 11.1 Å². The van der Waals surface area contributed by atoms with E-state index < -0.39 is 7.80 Å². The second-order valence-electron chi connectivity index (χ2n) is 4.05. The molecule has 3 radical (unpaired) electrons. The molecule has 0 aliphatic carbocycles. The summed E-state index contributed by atoms with van der Waals surface area (Å²) in [4.78, 5) is 0. The van der Waals surface area contributed by atoms with Crippen LogP contribution in [-0.2, 0) is 0 Å². The summed E-state index contributed by atoms with van der Waals surface area (Å²) in [6.45, 7) is 4.20. The predicted molar refractivity (Wildman–Crippen MR) is 74.3 cm³/mol. The van der Waals surface area contributed by atoms with Crippen molar-refractivity contribution in [3.8, 4) is 0 Å². The fraction of sp³-hybridized carbons (Fsp3) is 0.143. The van der Waals surface area contributed by atoms with Gasteiger partial charge in [-0.25, -0.2) is 0 Å². The van der Waals surface area contributed by atoms with Crippen LogP contribution in [0.3, 0.4) is 0 Å². The first-order valence-electron chi connectivity index (χ1n) is 5.35. The number of hydrogen-bond acceptors (Lipinski definition) is 0. The van der Waals surface area contributed by atoms with Crippen LogP contribution >= 0.6 is 7.80 Å². The predicted octanol–water partition coefficient (Wildman–Crippen LogP) is 2.82. The molecule has 0 N–H and O–H groups in total. The normalized spacial score (nSPS) is 10.8. The monoisotopic (exact) mass is 224 g/mol. The van der Waals surface area contributed by atoms with Gasteiger partial charge < -0.3 is 15.4 Å². The molecule has 16 heavy (non-hydrogen) atoms. The van der Waals surface area contributed by atoms with Crippen LogP contribution in [0.5, 0.6) is 0 Å². The van der Waals surface area contributed by atoms with Crippen LogP contribution < -0.4 is 10.6 Å². The van der Waals surface area contributed by atoms with E-state index in [1.807, 2.05) is 0 Å². The summed E-state index contributed by atoms with van der Waals surface area (Å²) in [5, 5.41) is 2.47. The Morgan fingerprint density at radius 2 is 1.25 bits per heavy atom. The molecule has 0 heterocycles. The van der Waals surface area contributed by atoms with Crippen molar-refractivity contribution in [2.24, 2.45) is 0 Å². The van der Waals surface area contributed by atoms with Crippen LogP contribution in [0.2, 0.25) is 0 Å². The summed E-state index contributed by atoms with van der Waals surface area (Å²) in [5.41, 5.74) is 2.53. The van der Waals surface area contributed by atoms with Gasteiger partial charge in [-0.05, 0) is 13.8 Å². The van der Waals surface area contributed by atoms with Crippen molar-refractivity contribution in [1.29, 1.82) is 0 Å². The van der Waals surface area contributed by atoms with E-state index in [9.17, 15) is 0 Å². The lowest BCUT2D eigenvalue weighted by molar-refractivity contribution is 1.49. The first-order valence-corrected chi connectivity index (χ1v) is 6.76. The minimum Gasteiger partial charge on any atom is -0.567 e. The Morgan fingerprint density at radius 1 is 0.812 bits per heavy atom. The zero-order chi connectivity index (χ0) is 11.5. The van der Waals surface area contributed by atoms with Gasteiger partial charge in [-0.3, -0.25) is 0 Å². The van der Waals surface area contributed by atoms with Gasteiger partial charge >= 0.3 is 0 Å². The Hall–Kier alpha value is -1.07. The molecule has 0 saturated carbocycles. The molecular weight excluding hydrogens is 210 g/mol. The summed E-state index contributed by atoms with van der Waals surface area (Å²) in [5.74, 6) is 0. The van der Waals surface area contributed by atoms with Crippen molar-refractivity contribution in [2.45, 2.75) is 13.8 Å². The molecule has 0 aromatic heterocycles. The van der Waals surface area contributed by atoms with Crippen LogP contribution in [0.15, 0.2) is 48.5 Å². The molecule has 2 rings (SSSR count). The minimum absolute atomic E-state index is 0.703. The van der Waals surface area contributed by atoms with Gasteiger partial charge in [0.1, 0.15) is 0 Å². The minimum atomic E-state index is -0.703. The third-order valence-electron chi connectivity index (χ3n) is 2.56. The fourth-order valence-electron chi connectivity index (χ4n) is 1.70. The molecule has 79 valence electrons. The van der Waals surface area contributed by atoms with E-state index in [1.54, 1.807) is 0 Å². The maximum Gasteiger partial charge on any atom is -0.0398 e. The van der Waals surface area contributed by atoms with Crippen molar-refractivity contribution in [3.63, 3.8) is 0 Å². The Kier molecular flexibility index (Phi) is 3.46. The molecule has 0 atom stereocenters. The number of hydrogen-bond donors (Lipinski definition) is 0.